The van der Waals surface area contributed by atoms with Crippen molar-refractivity contribution in [3.05, 3.63) is 53.5 Å². The molecule has 6 N–H and O–H groups in total. The monoisotopic (exact) mass is 441 g/mol. The molecule has 1 aromatic carbocycles. The summed E-state index contributed by atoms with van der Waals surface area (Å²) in [4.78, 5) is 16.6. The first-order chi connectivity index (χ1) is 15.3. The van der Waals surface area contributed by atoms with Gasteiger partial charge >= 0.3 is 6.16 Å². The molecule has 0 radical (unpaired) electrons. The van der Waals surface area contributed by atoms with Crippen LogP contribution >= 0.6 is 0 Å². The Morgan fingerprint density at radius 1 is 1.12 bits per heavy atom. The molecule has 32 heavy (non-hydrogen) atoms. The van der Waals surface area contributed by atoms with Gasteiger partial charge in [-0.15, -0.1) is 0 Å². The molecule has 9 nitrogen and oxygen atoms in total. The first kappa shape index (κ1) is 23.2. The summed E-state index contributed by atoms with van der Waals surface area (Å²) in [5, 5.41) is 1.29. The average Bonchev–Trinajstić information content (AvgIpc) is 2.77. The molecule has 0 spiro atoms. The number of rotatable bonds is 7. The smallest absolute Gasteiger partial charge is 0.489 e. The van der Waals surface area contributed by atoms with Gasteiger partial charge in [-0.1, -0.05) is 6.42 Å². The summed E-state index contributed by atoms with van der Waals surface area (Å²) in [5.41, 5.74) is 14.4. The normalized spacial score (nSPS) is 15.0. The number of aromatic nitrogens is 1. The van der Waals surface area contributed by atoms with Crippen molar-refractivity contribution in [3.63, 3.8) is 0 Å². The van der Waals surface area contributed by atoms with E-state index in [1.807, 2.05) is 13.0 Å². The third kappa shape index (κ3) is 6.27. The highest BCUT2D eigenvalue weighted by molar-refractivity contribution is 5.66. The molecule has 0 amide bonds. The van der Waals surface area contributed by atoms with Gasteiger partial charge in [-0.3, -0.25) is 0 Å². The molecule has 1 aliphatic rings. The molecule has 1 saturated carbocycles. The summed E-state index contributed by atoms with van der Waals surface area (Å²) in [7, 11) is 1.60. The van der Waals surface area contributed by atoms with Crippen LogP contribution in [-0.4, -0.2) is 35.9 Å². The molecule has 0 saturated heterocycles. The fourth-order valence-corrected chi connectivity index (χ4v) is 3.49. The number of carbonyl (C=O) groups is 1. The molecule has 0 unspecified atom stereocenters. The summed E-state index contributed by atoms with van der Waals surface area (Å²) in [6.07, 6.45) is 5.12. The van der Waals surface area contributed by atoms with E-state index in [1.54, 1.807) is 37.4 Å². The van der Waals surface area contributed by atoms with Crippen LogP contribution in [0.5, 0.6) is 11.5 Å². The lowest BCUT2D eigenvalue weighted by molar-refractivity contribution is 0.101. The standard InChI is InChI=1S/C23H31N5O4/c1-15-21(31-17-6-4-3-5-7-17)13-12-19(27-15)22(25)20(28(2)26)14-30-23(29)32-18-10-8-16(24)9-11-18/h8-13,17H,3-7,14,24-26H2,1-2H3/b22-20-. The molecule has 0 atom stereocenters. The number of nitrogen functional groups attached to an aromatic ring is 1. The third-order valence-electron chi connectivity index (χ3n) is 5.30. The number of hydrazine groups is 1. The quantitative estimate of drug-likeness (QED) is 0.194. The van der Waals surface area contributed by atoms with Gasteiger partial charge in [0.25, 0.3) is 0 Å². The predicted octanol–water partition coefficient (Wildman–Crippen LogP) is 3.33. The number of benzene rings is 1. The Balaban J connectivity index is 1.67. The molecule has 1 aromatic heterocycles. The van der Waals surface area contributed by atoms with Gasteiger partial charge in [-0.05, 0) is 69.0 Å². The Hall–Kier alpha value is -3.46. The Labute approximate surface area is 188 Å². The van der Waals surface area contributed by atoms with Gasteiger partial charge in [-0.25, -0.2) is 15.6 Å². The molecular formula is C23H31N5O4. The molecule has 172 valence electrons. The number of likely N-dealkylation sites (N-methyl/N-ethyl adjacent to an activating group) is 1. The van der Waals surface area contributed by atoms with E-state index >= 15 is 0 Å². The molecule has 2 aromatic rings. The first-order valence-corrected chi connectivity index (χ1v) is 10.7. The van der Waals surface area contributed by atoms with E-state index in [-0.39, 0.29) is 12.7 Å². The van der Waals surface area contributed by atoms with Crippen molar-refractivity contribution in [2.45, 2.75) is 45.1 Å². The highest BCUT2D eigenvalue weighted by Gasteiger charge is 2.18. The molecule has 0 bridgehead atoms. The van der Waals surface area contributed by atoms with Crippen molar-refractivity contribution in [1.29, 1.82) is 0 Å². The van der Waals surface area contributed by atoms with Gasteiger partial charge in [-0.2, -0.15) is 0 Å². The maximum atomic E-state index is 12.0. The van der Waals surface area contributed by atoms with Gasteiger partial charge in [0, 0.05) is 12.7 Å². The minimum Gasteiger partial charge on any atom is -0.489 e. The summed E-state index contributed by atoms with van der Waals surface area (Å²) in [6.45, 7) is 1.69. The topological polar surface area (TPSA) is 139 Å². The summed E-state index contributed by atoms with van der Waals surface area (Å²) in [6, 6.07) is 10.0. The van der Waals surface area contributed by atoms with E-state index in [0.29, 0.717) is 28.5 Å². The van der Waals surface area contributed by atoms with Crippen LogP contribution in [0.2, 0.25) is 0 Å². The minimum absolute atomic E-state index is 0.187. The highest BCUT2D eigenvalue weighted by atomic mass is 16.7. The zero-order chi connectivity index (χ0) is 23.1. The van der Waals surface area contributed by atoms with Crippen LogP contribution in [0.4, 0.5) is 10.5 Å². The van der Waals surface area contributed by atoms with E-state index in [0.717, 1.165) is 24.3 Å². The largest absolute Gasteiger partial charge is 0.514 e. The molecule has 3 rings (SSSR count). The van der Waals surface area contributed by atoms with Gasteiger partial charge in [0.05, 0.1) is 28.9 Å². The van der Waals surface area contributed by atoms with Gasteiger partial charge in [0.15, 0.2) is 0 Å². The lowest BCUT2D eigenvalue weighted by atomic mass is 9.98. The summed E-state index contributed by atoms with van der Waals surface area (Å²) in [5.74, 6) is 6.98. The van der Waals surface area contributed by atoms with Crippen LogP contribution < -0.4 is 26.8 Å². The van der Waals surface area contributed by atoms with Crippen molar-refractivity contribution >= 4 is 17.5 Å². The van der Waals surface area contributed by atoms with Crippen molar-refractivity contribution in [2.24, 2.45) is 11.6 Å². The number of aryl methyl sites for hydroxylation is 1. The van der Waals surface area contributed by atoms with Gasteiger partial charge in [0.1, 0.15) is 18.1 Å². The van der Waals surface area contributed by atoms with E-state index in [2.05, 4.69) is 4.98 Å². The first-order valence-electron chi connectivity index (χ1n) is 10.7. The Bertz CT molecular complexity index is 953. The number of pyridine rings is 1. The fraction of sp³-hybridized carbons (Fsp3) is 0.391. The molecule has 1 aliphatic carbocycles. The second kappa shape index (κ2) is 10.7. The average molecular weight is 442 g/mol. The number of carbonyl (C=O) groups excluding carboxylic acids is 1. The Morgan fingerprint density at radius 3 is 2.44 bits per heavy atom. The molecule has 9 heteroatoms. The van der Waals surface area contributed by atoms with Crippen LogP contribution in [0.3, 0.4) is 0 Å². The van der Waals surface area contributed by atoms with E-state index in [4.69, 9.17) is 31.5 Å². The third-order valence-corrected chi connectivity index (χ3v) is 5.30. The number of hydrogen-bond donors (Lipinski definition) is 3. The summed E-state index contributed by atoms with van der Waals surface area (Å²) < 4.78 is 16.4. The zero-order valence-electron chi connectivity index (χ0n) is 18.5. The number of nitrogens with zero attached hydrogens (tertiary/aromatic N) is 2. The molecular weight excluding hydrogens is 410 g/mol. The van der Waals surface area contributed by atoms with E-state index < -0.39 is 6.16 Å². The molecule has 1 heterocycles. The number of anilines is 1. The van der Waals surface area contributed by atoms with Crippen LogP contribution in [0.15, 0.2) is 42.1 Å². The second-order valence-electron chi connectivity index (χ2n) is 7.84. The Morgan fingerprint density at radius 2 is 1.81 bits per heavy atom. The van der Waals surface area contributed by atoms with Crippen LogP contribution in [0.1, 0.15) is 43.5 Å². The van der Waals surface area contributed by atoms with E-state index in [9.17, 15) is 4.79 Å². The number of hydrogen-bond acceptors (Lipinski definition) is 9. The predicted molar refractivity (Wildman–Crippen MR) is 122 cm³/mol. The van der Waals surface area contributed by atoms with Crippen LogP contribution in [0, 0.1) is 6.92 Å². The summed E-state index contributed by atoms with van der Waals surface area (Å²) >= 11 is 0. The lowest BCUT2D eigenvalue weighted by Gasteiger charge is -2.24. The van der Waals surface area contributed by atoms with E-state index in [1.165, 1.54) is 24.3 Å². The number of ether oxygens (including phenoxy) is 3. The van der Waals surface area contributed by atoms with Gasteiger partial charge < -0.3 is 30.7 Å². The maximum Gasteiger partial charge on any atom is 0.514 e. The molecule has 0 aliphatic heterocycles. The second-order valence-corrected chi connectivity index (χ2v) is 7.84. The maximum absolute atomic E-state index is 12.0. The van der Waals surface area contributed by atoms with Crippen LogP contribution in [-0.2, 0) is 4.74 Å². The zero-order valence-corrected chi connectivity index (χ0v) is 18.5. The SMILES string of the molecule is Cc1nc(/C(N)=C(\COC(=O)Oc2ccc(N)cc2)N(C)N)ccc1OC1CCCCC1. The molecule has 1 fully saturated rings. The van der Waals surface area contributed by atoms with Crippen LogP contribution in [0.25, 0.3) is 5.70 Å². The van der Waals surface area contributed by atoms with Crippen molar-refractivity contribution in [3.8, 4) is 11.5 Å². The van der Waals surface area contributed by atoms with Gasteiger partial charge in [0.2, 0.25) is 0 Å². The van der Waals surface area contributed by atoms with Crippen molar-refractivity contribution in [2.75, 3.05) is 19.4 Å². The fourth-order valence-electron chi connectivity index (χ4n) is 3.49. The lowest BCUT2D eigenvalue weighted by Crippen LogP contribution is -2.31. The Kier molecular flexibility index (Phi) is 7.77. The highest BCUT2D eigenvalue weighted by Crippen LogP contribution is 2.26. The number of nitrogens with two attached hydrogens (primary N) is 3. The van der Waals surface area contributed by atoms with Crippen molar-refractivity contribution in [1.82, 2.24) is 9.99 Å². The minimum atomic E-state index is -0.887. The van der Waals surface area contributed by atoms with Crippen molar-refractivity contribution < 1.29 is 19.0 Å².